The summed E-state index contributed by atoms with van der Waals surface area (Å²) < 4.78 is 2.83. The van der Waals surface area contributed by atoms with Crippen LogP contribution in [-0.4, -0.2) is 25.7 Å². The molecule has 1 amide bonds. The monoisotopic (exact) mass is 355 g/mol. The van der Waals surface area contributed by atoms with E-state index in [9.17, 15) is 4.79 Å². The number of carbonyl (C=O) groups excluding carboxylic acids is 1. The fourth-order valence-corrected chi connectivity index (χ4v) is 3.92. The van der Waals surface area contributed by atoms with Crippen LogP contribution in [-0.2, 0) is 6.54 Å². The summed E-state index contributed by atoms with van der Waals surface area (Å²) in [5.41, 5.74) is 2.12. The minimum absolute atomic E-state index is 0.257. The van der Waals surface area contributed by atoms with E-state index in [1.807, 2.05) is 36.6 Å². The molecule has 0 saturated carbocycles. The first-order valence-corrected chi connectivity index (χ1v) is 9.09. The highest BCUT2D eigenvalue weighted by molar-refractivity contribution is 7.22. The van der Waals surface area contributed by atoms with Gasteiger partial charge in [0.25, 0.3) is 5.91 Å². The zero-order valence-corrected chi connectivity index (χ0v) is 14.4. The number of aromatic nitrogens is 4. The Morgan fingerprint density at radius 2 is 2.12 bits per heavy atom. The second-order valence-corrected chi connectivity index (χ2v) is 6.92. The van der Waals surface area contributed by atoms with Crippen LogP contribution in [0.2, 0.25) is 0 Å². The van der Waals surface area contributed by atoms with Crippen LogP contribution in [0.4, 0.5) is 5.13 Å². The molecular formula is C16H13N5OS2. The largest absolute Gasteiger partial charge is 0.296 e. The third-order valence-corrected chi connectivity index (χ3v) is 5.25. The van der Waals surface area contributed by atoms with Gasteiger partial charge in [-0.1, -0.05) is 12.1 Å². The fraction of sp³-hybridized carbons (Fsp3) is 0.125. The summed E-state index contributed by atoms with van der Waals surface area (Å²) >= 11 is 2.97. The topological polar surface area (TPSA) is 72.7 Å². The molecule has 0 radical (unpaired) electrons. The first-order valence-electron chi connectivity index (χ1n) is 7.39. The number of rotatable bonds is 4. The maximum atomic E-state index is 12.2. The first kappa shape index (κ1) is 15.0. The van der Waals surface area contributed by atoms with Crippen LogP contribution in [0.15, 0.2) is 41.9 Å². The number of anilines is 1. The fourth-order valence-electron chi connectivity index (χ4n) is 2.23. The molecule has 0 aliphatic rings. The van der Waals surface area contributed by atoms with E-state index >= 15 is 0 Å². The highest BCUT2D eigenvalue weighted by atomic mass is 32.1. The third kappa shape index (κ3) is 2.81. The van der Waals surface area contributed by atoms with Crippen LogP contribution in [0.3, 0.4) is 0 Å². The number of nitrogens with one attached hydrogen (secondary N) is 1. The van der Waals surface area contributed by atoms with E-state index in [1.54, 1.807) is 28.3 Å². The van der Waals surface area contributed by atoms with Gasteiger partial charge in [0.2, 0.25) is 0 Å². The normalized spacial score (nSPS) is 11.0. The molecule has 0 aliphatic carbocycles. The zero-order chi connectivity index (χ0) is 16.5. The number of fused-ring (bicyclic) bond motifs is 1. The van der Waals surface area contributed by atoms with Gasteiger partial charge in [-0.25, -0.2) is 9.97 Å². The van der Waals surface area contributed by atoms with Crippen LogP contribution in [0, 0.1) is 0 Å². The number of aryl methyl sites for hydroxylation is 1. The van der Waals surface area contributed by atoms with Crippen LogP contribution >= 0.6 is 22.7 Å². The van der Waals surface area contributed by atoms with E-state index in [0.29, 0.717) is 10.8 Å². The molecule has 120 valence electrons. The Morgan fingerprint density at radius 1 is 1.25 bits per heavy atom. The van der Waals surface area contributed by atoms with Crippen molar-refractivity contribution < 1.29 is 4.79 Å². The van der Waals surface area contributed by atoms with Crippen LogP contribution in [0.1, 0.15) is 17.4 Å². The number of hydrogen-bond donors (Lipinski definition) is 1. The Bertz CT molecular complexity index is 983. The molecule has 0 bridgehead atoms. The number of nitrogens with zero attached hydrogens (tertiary/aromatic N) is 4. The molecule has 0 unspecified atom stereocenters. The molecule has 4 aromatic rings. The molecule has 0 fully saturated rings. The lowest BCUT2D eigenvalue weighted by molar-refractivity contribution is 0.102. The summed E-state index contributed by atoms with van der Waals surface area (Å²) in [4.78, 5) is 21.2. The van der Waals surface area contributed by atoms with Crippen molar-refractivity contribution in [2.75, 3.05) is 5.32 Å². The van der Waals surface area contributed by atoms with Gasteiger partial charge in [0.05, 0.1) is 10.2 Å². The molecule has 0 saturated heterocycles. The minimum atomic E-state index is -0.257. The number of thiazole rings is 2. The van der Waals surface area contributed by atoms with Gasteiger partial charge in [-0.05, 0) is 25.1 Å². The highest BCUT2D eigenvalue weighted by Crippen LogP contribution is 2.31. The van der Waals surface area contributed by atoms with Gasteiger partial charge in [0, 0.05) is 18.1 Å². The smallest absolute Gasteiger partial charge is 0.277 e. The Balaban J connectivity index is 1.55. The lowest BCUT2D eigenvalue weighted by atomic mass is 10.3. The van der Waals surface area contributed by atoms with Gasteiger partial charge in [-0.2, -0.15) is 5.10 Å². The van der Waals surface area contributed by atoms with Crippen LogP contribution in [0.25, 0.3) is 20.9 Å². The van der Waals surface area contributed by atoms with E-state index in [4.69, 9.17) is 0 Å². The zero-order valence-electron chi connectivity index (χ0n) is 12.8. The van der Waals surface area contributed by atoms with E-state index in [2.05, 4.69) is 20.4 Å². The highest BCUT2D eigenvalue weighted by Gasteiger charge is 2.14. The Labute approximate surface area is 145 Å². The second kappa shape index (κ2) is 6.14. The lowest BCUT2D eigenvalue weighted by Crippen LogP contribution is -2.13. The number of amides is 1. The molecule has 1 aromatic carbocycles. The van der Waals surface area contributed by atoms with Crippen molar-refractivity contribution >= 4 is 43.9 Å². The number of benzene rings is 1. The van der Waals surface area contributed by atoms with Crippen molar-refractivity contribution in [1.82, 2.24) is 19.7 Å². The Kier molecular flexibility index (Phi) is 3.83. The Hall–Kier alpha value is -2.58. The van der Waals surface area contributed by atoms with Crippen molar-refractivity contribution in [2.45, 2.75) is 13.5 Å². The molecule has 3 heterocycles. The summed E-state index contributed by atoms with van der Waals surface area (Å²) in [7, 11) is 0. The standard InChI is InChI=1S/C16H13N5OS2/c1-2-21-8-7-11(20-21)14(22)19-16-18-12(9-23-16)15-17-10-5-3-4-6-13(10)24-15/h3-9H,2H2,1H3,(H,18,19,22). The molecule has 1 N–H and O–H groups in total. The number of para-hydroxylation sites is 1. The number of hydrogen-bond acceptors (Lipinski definition) is 6. The molecule has 24 heavy (non-hydrogen) atoms. The van der Waals surface area contributed by atoms with Crippen molar-refractivity contribution in [3.05, 3.63) is 47.6 Å². The van der Waals surface area contributed by atoms with Gasteiger partial charge in [0.15, 0.2) is 10.8 Å². The van der Waals surface area contributed by atoms with Gasteiger partial charge in [-0.3, -0.25) is 14.8 Å². The molecule has 3 aromatic heterocycles. The molecule has 8 heteroatoms. The van der Waals surface area contributed by atoms with Crippen molar-refractivity contribution in [3.8, 4) is 10.7 Å². The lowest BCUT2D eigenvalue weighted by Gasteiger charge is -1.97. The summed E-state index contributed by atoms with van der Waals surface area (Å²) in [6.07, 6.45) is 1.78. The van der Waals surface area contributed by atoms with Gasteiger partial charge in [0.1, 0.15) is 10.7 Å². The summed E-state index contributed by atoms with van der Waals surface area (Å²) in [6, 6.07) is 9.67. The maximum Gasteiger partial charge on any atom is 0.277 e. The summed E-state index contributed by atoms with van der Waals surface area (Å²) in [6.45, 7) is 2.70. The van der Waals surface area contributed by atoms with Gasteiger partial charge >= 0.3 is 0 Å². The molecule has 0 atom stereocenters. The SMILES string of the molecule is CCn1ccc(C(=O)Nc2nc(-c3nc4ccccc4s3)cs2)n1. The van der Waals surface area contributed by atoms with Gasteiger partial charge in [-0.15, -0.1) is 22.7 Å². The minimum Gasteiger partial charge on any atom is -0.296 e. The molecular weight excluding hydrogens is 342 g/mol. The third-order valence-electron chi connectivity index (χ3n) is 3.43. The predicted molar refractivity (Wildman–Crippen MR) is 96.6 cm³/mol. The molecule has 0 aliphatic heterocycles. The van der Waals surface area contributed by atoms with Crippen molar-refractivity contribution in [2.24, 2.45) is 0 Å². The average molecular weight is 355 g/mol. The van der Waals surface area contributed by atoms with Gasteiger partial charge < -0.3 is 0 Å². The van der Waals surface area contributed by atoms with Crippen molar-refractivity contribution in [3.63, 3.8) is 0 Å². The van der Waals surface area contributed by atoms with Crippen molar-refractivity contribution in [1.29, 1.82) is 0 Å². The average Bonchev–Trinajstić information content (AvgIpc) is 3.32. The van der Waals surface area contributed by atoms with E-state index in [1.165, 1.54) is 11.3 Å². The Morgan fingerprint density at radius 3 is 2.92 bits per heavy atom. The van der Waals surface area contributed by atoms with Crippen LogP contribution in [0.5, 0.6) is 0 Å². The molecule has 0 spiro atoms. The van der Waals surface area contributed by atoms with E-state index in [-0.39, 0.29) is 5.91 Å². The quantitative estimate of drug-likeness (QED) is 0.603. The predicted octanol–water partition coefficient (Wildman–Crippen LogP) is 3.89. The first-order chi connectivity index (χ1) is 11.7. The van der Waals surface area contributed by atoms with E-state index < -0.39 is 0 Å². The molecule has 6 nitrogen and oxygen atoms in total. The van der Waals surface area contributed by atoms with Crippen LogP contribution < -0.4 is 5.32 Å². The summed E-state index contributed by atoms with van der Waals surface area (Å²) in [5, 5.41) is 10.3. The molecule has 4 rings (SSSR count). The summed E-state index contributed by atoms with van der Waals surface area (Å²) in [5.74, 6) is -0.257. The number of carbonyl (C=O) groups is 1. The van der Waals surface area contributed by atoms with E-state index in [0.717, 1.165) is 27.5 Å². The second-order valence-electron chi connectivity index (χ2n) is 5.04. The maximum absolute atomic E-state index is 12.2.